The van der Waals surface area contributed by atoms with Crippen LogP contribution in [-0.2, 0) is 4.79 Å². The molecule has 238 valence electrons. The molecule has 0 saturated heterocycles. The maximum atomic E-state index is 14.4. The maximum absolute atomic E-state index is 14.4. The van der Waals surface area contributed by atoms with Crippen molar-refractivity contribution in [1.82, 2.24) is 4.90 Å². The van der Waals surface area contributed by atoms with Crippen LogP contribution < -0.4 is 4.90 Å². The minimum atomic E-state index is -0.00316. The van der Waals surface area contributed by atoms with E-state index in [1.54, 1.807) is 35.3 Å². The van der Waals surface area contributed by atoms with Gasteiger partial charge in [0, 0.05) is 34.5 Å². The van der Waals surface area contributed by atoms with E-state index in [4.69, 9.17) is 0 Å². The van der Waals surface area contributed by atoms with Crippen molar-refractivity contribution in [2.75, 3.05) is 24.5 Å². The molecular weight excluding hydrogens is 647 g/mol. The average Bonchev–Trinajstić information content (AvgIpc) is 3.79. The van der Waals surface area contributed by atoms with Gasteiger partial charge in [0.2, 0.25) is 0 Å². The largest absolute Gasteiger partial charge is 0.428 e. The van der Waals surface area contributed by atoms with Crippen molar-refractivity contribution in [2.45, 2.75) is 18.7 Å². The molecule has 0 N–H and O–H groups in total. The van der Waals surface area contributed by atoms with Crippen LogP contribution in [0.3, 0.4) is 0 Å². The number of anilines is 1. The van der Waals surface area contributed by atoms with Crippen molar-refractivity contribution in [3.05, 3.63) is 172 Å². The lowest BCUT2D eigenvalue weighted by Crippen LogP contribution is -2.22. The van der Waals surface area contributed by atoms with Gasteiger partial charge in [-0.3, -0.25) is 0 Å². The van der Waals surface area contributed by atoms with Gasteiger partial charge in [0.15, 0.2) is 6.54 Å². The third-order valence-corrected chi connectivity index (χ3v) is 11.8. The third-order valence-electron chi connectivity index (χ3n) is 8.38. The summed E-state index contributed by atoms with van der Waals surface area (Å²) in [5, 5.41) is 3.12. The van der Waals surface area contributed by atoms with Gasteiger partial charge in [-0.15, -0.1) is 4.58 Å². The number of amides is 1. The molecule has 48 heavy (non-hydrogen) atoms. The molecule has 4 aromatic rings. The number of carbonyl (C=O) groups excluding carboxylic acids is 1. The molecule has 3 aliphatic rings. The Hall–Kier alpha value is -4.43. The van der Waals surface area contributed by atoms with Gasteiger partial charge in [0.05, 0.1) is 21.4 Å². The van der Waals surface area contributed by atoms with E-state index >= 15 is 0 Å². The second-order valence-corrected chi connectivity index (χ2v) is 14.4. The summed E-state index contributed by atoms with van der Waals surface area (Å²) in [4.78, 5) is 22.3. The Morgan fingerprint density at radius 3 is 2.02 bits per heavy atom. The highest BCUT2D eigenvalue weighted by atomic mass is 32.2. The molecule has 0 aromatic heterocycles. The van der Waals surface area contributed by atoms with Gasteiger partial charge in [-0.2, -0.15) is 0 Å². The fraction of sp³-hybridized carbons (Fsp3) is 0.122. The van der Waals surface area contributed by atoms with E-state index in [1.807, 2.05) is 28.9 Å². The first kappa shape index (κ1) is 32.1. The van der Waals surface area contributed by atoms with Crippen LogP contribution in [0.15, 0.2) is 160 Å². The lowest BCUT2D eigenvalue weighted by atomic mass is 10.0. The normalized spacial score (nSPS) is 18.8. The molecule has 0 aliphatic carbocycles. The molecular formula is C41H36N3OS3+. The molecule has 4 aromatic carbocycles. The Morgan fingerprint density at radius 2 is 1.35 bits per heavy atom. The van der Waals surface area contributed by atoms with Crippen LogP contribution in [0.2, 0.25) is 0 Å². The first-order valence-corrected chi connectivity index (χ1v) is 18.6. The number of hydrogen-bond donors (Lipinski definition) is 0. The number of carbonyl (C=O) groups is 1. The van der Waals surface area contributed by atoms with Crippen molar-refractivity contribution in [3.63, 3.8) is 0 Å². The summed E-state index contributed by atoms with van der Waals surface area (Å²) in [6.07, 6.45) is 6.21. The number of thioether (sulfide) groups is 3. The van der Waals surface area contributed by atoms with E-state index in [9.17, 15) is 4.79 Å². The fourth-order valence-electron chi connectivity index (χ4n) is 6.15. The second kappa shape index (κ2) is 14.4. The Bertz CT molecular complexity index is 2030. The molecule has 1 amide bonds. The Labute approximate surface area is 295 Å². The smallest absolute Gasteiger partial charge is 0.335 e. The molecule has 0 fully saturated rings. The summed E-state index contributed by atoms with van der Waals surface area (Å²) < 4.78 is 1.87. The van der Waals surface area contributed by atoms with Crippen LogP contribution in [0.1, 0.15) is 30.5 Å². The van der Waals surface area contributed by atoms with E-state index in [0.717, 1.165) is 44.2 Å². The summed E-state index contributed by atoms with van der Waals surface area (Å²) >= 11 is 5.08. The van der Waals surface area contributed by atoms with Crippen LogP contribution in [0.25, 0.3) is 16.2 Å². The number of para-hydroxylation sites is 1. The molecule has 0 bridgehead atoms. The zero-order valence-electron chi connectivity index (χ0n) is 27.0. The van der Waals surface area contributed by atoms with Crippen LogP contribution in [0.4, 0.5) is 5.69 Å². The summed E-state index contributed by atoms with van der Waals surface area (Å²) in [5.41, 5.74) is 6.70. The molecule has 0 atom stereocenters. The van der Waals surface area contributed by atoms with E-state index < -0.39 is 0 Å². The summed E-state index contributed by atoms with van der Waals surface area (Å²) in [7, 11) is 0. The van der Waals surface area contributed by atoms with Crippen molar-refractivity contribution in [3.8, 4) is 0 Å². The van der Waals surface area contributed by atoms with E-state index in [1.165, 1.54) is 32.3 Å². The van der Waals surface area contributed by atoms with E-state index in [0.29, 0.717) is 6.54 Å². The summed E-state index contributed by atoms with van der Waals surface area (Å²) in [5.74, 6) is -0.00316. The highest BCUT2D eigenvalue weighted by molar-refractivity contribution is 8.19. The molecule has 4 nitrogen and oxygen atoms in total. The van der Waals surface area contributed by atoms with Crippen LogP contribution in [0, 0.1) is 0 Å². The predicted molar refractivity (Wildman–Crippen MR) is 207 cm³/mol. The van der Waals surface area contributed by atoms with Gasteiger partial charge in [0.1, 0.15) is 4.91 Å². The monoisotopic (exact) mass is 682 g/mol. The van der Waals surface area contributed by atoms with Gasteiger partial charge in [-0.05, 0) is 66.6 Å². The second-order valence-electron chi connectivity index (χ2n) is 11.3. The molecule has 0 unspecified atom stereocenters. The highest BCUT2D eigenvalue weighted by Crippen LogP contribution is 2.51. The van der Waals surface area contributed by atoms with Crippen molar-refractivity contribution >= 4 is 68.1 Å². The number of nitrogens with zero attached hydrogens (tertiary/aromatic N) is 3. The lowest BCUT2D eigenvalue weighted by Gasteiger charge is -2.21. The first-order valence-electron chi connectivity index (χ1n) is 16.2. The number of allylic oxidation sites excluding steroid dienone is 2. The van der Waals surface area contributed by atoms with Crippen molar-refractivity contribution < 1.29 is 9.37 Å². The standard InChI is InChI=1S/C41H36N3OS3/c1-4-26-44-37(28-36-43(6-3)38(30-20-12-8-13-21-30)39(47-36)31-22-14-9-15-23-31)48-40(41(44)45)32(29-18-10-7-11-19-29)27-35-42(5-2)33-24-16-17-25-34(33)46-35/h4,7-25,27-28H,1,5-6,26H2,2-3H3/q+1/b35-27+,40-32-. The topological polar surface area (TPSA) is 26.6 Å². The first-order chi connectivity index (χ1) is 23.6. The minimum absolute atomic E-state index is 0.00316. The minimum Gasteiger partial charge on any atom is -0.335 e. The van der Waals surface area contributed by atoms with E-state index in [-0.39, 0.29) is 5.91 Å². The maximum Gasteiger partial charge on any atom is 0.428 e. The number of rotatable bonds is 9. The van der Waals surface area contributed by atoms with Gasteiger partial charge < -0.3 is 9.80 Å². The molecule has 0 spiro atoms. The van der Waals surface area contributed by atoms with E-state index in [2.05, 4.69) is 139 Å². The Balaban J connectivity index is 1.33. The molecule has 0 saturated carbocycles. The third kappa shape index (κ3) is 6.14. The Morgan fingerprint density at radius 1 is 0.729 bits per heavy atom. The van der Waals surface area contributed by atoms with Gasteiger partial charge in [-0.1, -0.05) is 133 Å². The van der Waals surface area contributed by atoms with Crippen molar-refractivity contribution in [2.24, 2.45) is 0 Å². The quantitative estimate of drug-likeness (QED) is 0.0991. The lowest BCUT2D eigenvalue weighted by molar-refractivity contribution is -0.428. The average molecular weight is 683 g/mol. The SMILES string of the molecule is C=CC[N+]1=C(/C=C2/SC(c3ccccc3)=C(c3ccccc3)N2CC)S/C(=C(/C=C2/Sc3ccccc3N2CC)c2ccccc2)C1=O. The fourth-order valence-corrected chi connectivity index (χ4v) is 9.81. The Kier molecular flexibility index (Phi) is 9.61. The zero-order valence-corrected chi connectivity index (χ0v) is 29.5. The number of hydrogen-bond acceptors (Lipinski definition) is 6. The van der Waals surface area contributed by atoms with Crippen molar-refractivity contribution in [1.29, 1.82) is 0 Å². The molecule has 3 heterocycles. The molecule has 7 rings (SSSR count). The van der Waals surface area contributed by atoms with Gasteiger partial charge in [-0.25, -0.2) is 4.79 Å². The van der Waals surface area contributed by atoms with Gasteiger partial charge >= 0.3 is 5.91 Å². The van der Waals surface area contributed by atoms with Gasteiger partial charge in [0.25, 0.3) is 5.04 Å². The van der Waals surface area contributed by atoms with Crippen LogP contribution >= 0.6 is 35.3 Å². The summed E-state index contributed by atoms with van der Waals surface area (Å²) in [6.45, 7) is 10.4. The highest BCUT2D eigenvalue weighted by Gasteiger charge is 2.40. The van der Waals surface area contributed by atoms with Crippen LogP contribution in [-0.4, -0.2) is 40.1 Å². The molecule has 7 heteroatoms. The molecule has 3 aliphatic heterocycles. The summed E-state index contributed by atoms with van der Waals surface area (Å²) in [6, 6.07) is 40.0. The molecule has 0 radical (unpaired) electrons. The number of fused-ring (bicyclic) bond motifs is 1. The number of benzene rings is 4. The van der Waals surface area contributed by atoms with Crippen LogP contribution in [0.5, 0.6) is 0 Å². The zero-order chi connectivity index (χ0) is 33.0. The predicted octanol–water partition coefficient (Wildman–Crippen LogP) is 10.2.